The van der Waals surface area contributed by atoms with Gasteiger partial charge in [-0.3, -0.25) is 4.79 Å². The Bertz CT molecular complexity index is 2040. The second-order valence-corrected chi connectivity index (χ2v) is 20.7. The summed E-state index contributed by atoms with van der Waals surface area (Å²) >= 11 is 14.9. The maximum Gasteiger partial charge on any atom is 0.360 e. The predicted molar refractivity (Wildman–Crippen MR) is 229 cm³/mol. The highest BCUT2D eigenvalue weighted by molar-refractivity contribution is 9.11. The third-order valence-electron chi connectivity index (χ3n) is 8.44. The molecule has 0 saturated carbocycles. The lowest BCUT2D eigenvalue weighted by Crippen LogP contribution is -2.15. The van der Waals surface area contributed by atoms with Gasteiger partial charge in [-0.1, -0.05) is 106 Å². The first-order valence-electron chi connectivity index (χ1n) is 18.0. The van der Waals surface area contributed by atoms with Gasteiger partial charge in [0.25, 0.3) is 0 Å². The van der Waals surface area contributed by atoms with Crippen molar-refractivity contribution >= 4 is 117 Å². The van der Waals surface area contributed by atoms with Crippen LogP contribution < -0.4 is 10.1 Å². The first-order valence-corrected chi connectivity index (χ1v) is 23.9. The van der Waals surface area contributed by atoms with Crippen molar-refractivity contribution in [3.05, 3.63) is 45.3 Å². The number of alkyl halides is 1. The second kappa shape index (κ2) is 20.1. The van der Waals surface area contributed by atoms with E-state index in [2.05, 4.69) is 56.0 Å². The second-order valence-electron chi connectivity index (χ2n) is 12.5. The SMILES string of the molecule is CCCCCCCCOC(=O)c1nc2c(-c3cnc(-c4ncc(Br)s4)s3)sc(-c3cnc(C4=CNC(Br)S4)s3)c2cc1OC(=O)CCCCCCCC. The summed E-state index contributed by atoms with van der Waals surface area (Å²) in [5.41, 5.74) is 0.625. The number of thioether (sulfide) groups is 1. The third kappa shape index (κ3) is 10.8. The van der Waals surface area contributed by atoms with E-state index in [0.717, 1.165) is 93.6 Å². The van der Waals surface area contributed by atoms with Crippen LogP contribution >= 0.6 is 89.0 Å². The third-order valence-corrected chi connectivity index (χ3v) is 15.5. The van der Waals surface area contributed by atoms with Gasteiger partial charge in [0.05, 0.1) is 46.5 Å². The van der Waals surface area contributed by atoms with E-state index in [-0.39, 0.29) is 34.7 Å². The molecule has 5 aromatic rings. The standard InChI is InChI=1S/C37H41Br2N5O4S5/c1-3-5-7-9-11-13-15-28(45)48-23-17-22-29(44-30(23)36(46)47-16-14-12-10-8-6-4-2)32(25-19-41-34(50-25)35-42-21-27(38)52-35)53-31(22)24-18-40-33(49-24)26-20-43-37(39)51-26/h17-21,37,43H,3-16H2,1-2H3. The maximum absolute atomic E-state index is 13.8. The summed E-state index contributed by atoms with van der Waals surface area (Å²) in [5, 5.41) is 6.53. The zero-order chi connectivity index (χ0) is 37.2. The number of halogens is 2. The molecule has 5 aromatic heterocycles. The molecule has 0 aliphatic carbocycles. The van der Waals surface area contributed by atoms with Crippen LogP contribution in [0.15, 0.2) is 34.6 Å². The largest absolute Gasteiger partial charge is 0.461 e. The van der Waals surface area contributed by atoms with Gasteiger partial charge in [-0.25, -0.2) is 24.7 Å². The number of thiophene rings is 1. The summed E-state index contributed by atoms with van der Waals surface area (Å²) < 4.78 is 12.8. The van der Waals surface area contributed by atoms with Gasteiger partial charge in [0, 0.05) is 30.4 Å². The Kier molecular flexibility index (Phi) is 15.3. The van der Waals surface area contributed by atoms with E-state index >= 15 is 0 Å². The van der Waals surface area contributed by atoms with Gasteiger partial charge in [-0.05, 0) is 34.8 Å². The van der Waals surface area contributed by atoms with Crippen molar-refractivity contribution in [3.8, 4) is 35.3 Å². The lowest BCUT2D eigenvalue weighted by atomic mass is 10.1. The molecule has 53 heavy (non-hydrogen) atoms. The van der Waals surface area contributed by atoms with Crippen molar-refractivity contribution in [2.75, 3.05) is 6.61 Å². The summed E-state index contributed by atoms with van der Waals surface area (Å²) in [6.45, 7) is 4.66. The quantitative estimate of drug-likeness (QED) is 0.0350. The van der Waals surface area contributed by atoms with Crippen LogP contribution in [-0.2, 0) is 9.53 Å². The van der Waals surface area contributed by atoms with Gasteiger partial charge in [-0.2, -0.15) is 0 Å². The fraction of sp³-hybridized carbons (Fsp3) is 0.459. The number of nitrogens with zero attached hydrogens (tertiary/aromatic N) is 4. The van der Waals surface area contributed by atoms with Crippen LogP contribution in [0.4, 0.5) is 0 Å². The van der Waals surface area contributed by atoms with E-state index in [4.69, 9.17) is 24.4 Å². The fourth-order valence-electron chi connectivity index (χ4n) is 5.72. The Balaban J connectivity index is 1.36. The zero-order valence-electron chi connectivity index (χ0n) is 29.6. The molecule has 9 nitrogen and oxygen atoms in total. The molecule has 6 heterocycles. The minimum absolute atomic E-state index is 0.00548. The molecule has 6 rings (SSSR count). The van der Waals surface area contributed by atoms with Crippen LogP contribution in [-0.4, -0.2) is 42.8 Å². The molecule has 0 bridgehead atoms. The number of carbonyl (C=O) groups is 2. The van der Waals surface area contributed by atoms with Crippen LogP contribution in [0.1, 0.15) is 113 Å². The summed E-state index contributed by atoms with van der Waals surface area (Å²) in [6.07, 6.45) is 20.4. The average molecular weight is 940 g/mol. The average Bonchev–Trinajstić information content (AvgIpc) is 3.99. The van der Waals surface area contributed by atoms with Crippen molar-refractivity contribution in [3.63, 3.8) is 0 Å². The van der Waals surface area contributed by atoms with Crippen molar-refractivity contribution in [2.24, 2.45) is 0 Å². The monoisotopic (exact) mass is 937 g/mol. The number of esters is 2. The number of thiazole rings is 3. The normalized spacial score (nSPS) is 14.1. The lowest BCUT2D eigenvalue weighted by Gasteiger charge is -2.11. The van der Waals surface area contributed by atoms with Crippen molar-refractivity contribution in [2.45, 2.75) is 102 Å². The van der Waals surface area contributed by atoms with Crippen molar-refractivity contribution < 1.29 is 19.1 Å². The highest BCUT2D eigenvalue weighted by Crippen LogP contribution is 2.50. The number of carbonyl (C=O) groups excluding carboxylic acids is 2. The Morgan fingerprint density at radius 3 is 2.13 bits per heavy atom. The van der Waals surface area contributed by atoms with Gasteiger partial charge < -0.3 is 14.8 Å². The Hall–Kier alpha value is -2.21. The number of nitrogens with one attached hydrogen (secondary N) is 1. The molecular formula is C37H41Br2N5O4S5. The summed E-state index contributed by atoms with van der Waals surface area (Å²) in [4.78, 5) is 50.6. The van der Waals surface area contributed by atoms with Gasteiger partial charge >= 0.3 is 11.9 Å². The molecule has 0 saturated heterocycles. The number of unbranched alkanes of at least 4 members (excludes halogenated alkanes) is 10. The van der Waals surface area contributed by atoms with Gasteiger partial charge in [-0.15, -0.1) is 45.3 Å². The molecule has 0 amide bonds. The molecule has 1 aliphatic rings. The van der Waals surface area contributed by atoms with Crippen LogP contribution in [0.5, 0.6) is 5.75 Å². The Labute approximate surface area is 347 Å². The van der Waals surface area contributed by atoms with Crippen LogP contribution in [0.25, 0.3) is 45.3 Å². The number of hydrogen-bond donors (Lipinski definition) is 1. The molecule has 0 spiro atoms. The fourth-order valence-corrected chi connectivity index (χ4v) is 11.8. The van der Waals surface area contributed by atoms with Crippen LogP contribution in [0.3, 0.4) is 0 Å². The molecule has 282 valence electrons. The summed E-state index contributed by atoms with van der Waals surface area (Å²) in [7, 11) is 0. The van der Waals surface area contributed by atoms with E-state index in [9.17, 15) is 9.59 Å². The molecule has 0 aromatic carbocycles. The molecule has 0 radical (unpaired) electrons. The predicted octanol–water partition coefficient (Wildman–Crippen LogP) is 12.9. The van der Waals surface area contributed by atoms with E-state index in [1.165, 1.54) is 54.8 Å². The number of aromatic nitrogens is 4. The van der Waals surface area contributed by atoms with Crippen molar-refractivity contribution in [1.82, 2.24) is 25.3 Å². The molecule has 1 unspecified atom stereocenters. The minimum Gasteiger partial charge on any atom is -0.461 e. The summed E-state index contributed by atoms with van der Waals surface area (Å²) in [5.74, 6) is -0.858. The van der Waals surface area contributed by atoms with E-state index in [1.807, 2.05) is 18.6 Å². The topological polar surface area (TPSA) is 116 Å². The Morgan fingerprint density at radius 2 is 1.43 bits per heavy atom. The smallest absolute Gasteiger partial charge is 0.360 e. The van der Waals surface area contributed by atoms with Crippen LogP contribution in [0.2, 0.25) is 0 Å². The molecule has 16 heteroatoms. The molecular weight excluding hydrogens is 899 g/mol. The number of fused-ring (bicyclic) bond motifs is 1. The molecule has 0 fully saturated rings. The molecule has 1 N–H and O–H groups in total. The maximum atomic E-state index is 13.8. The molecule has 1 atom stereocenters. The number of ether oxygens (including phenoxy) is 2. The highest BCUT2D eigenvalue weighted by Gasteiger charge is 2.27. The lowest BCUT2D eigenvalue weighted by molar-refractivity contribution is -0.134. The van der Waals surface area contributed by atoms with Gasteiger partial charge in [0.1, 0.15) is 9.29 Å². The van der Waals surface area contributed by atoms with Crippen LogP contribution in [0, 0.1) is 0 Å². The van der Waals surface area contributed by atoms with Crippen molar-refractivity contribution in [1.29, 1.82) is 0 Å². The number of hydrogen-bond acceptors (Lipinski definition) is 14. The van der Waals surface area contributed by atoms with E-state index in [1.54, 1.807) is 46.7 Å². The number of rotatable bonds is 20. The highest BCUT2D eigenvalue weighted by atomic mass is 79.9. The summed E-state index contributed by atoms with van der Waals surface area (Å²) in [6, 6.07) is 1.79. The van der Waals surface area contributed by atoms with Gasteiger partial charge in [0.15, 0.2) is 21.5 Å². The first-order chi connectivity index (χ1) is 25.8. The van der Waals surface area contributed by atoms with Gasteiger partial charge in [0.2, 0.25) is 0 Å². The first kappa shape index (κ1) is 40.5. The van der Waals surface area contributed by atoms with E-state index < -0.39 is 5.97 Å². The Morgan fingerprint density at radius 1 is 0.792 bits per heavy atom. The minimum atomic E-state index is -0.596. The van der Waals surface area contributed by atoms with E-state index in [0.29, 0.717) is 5.52 Å². The zero-order valence-corrected chi connectivity index (χ0v) is 36.8. The number of pyridine rings is 1. The molecule has 1 aliphatic heterocycles.